The summed E-state index contributed by atoms with van der Waals surface area (Å²) in [6, 6.07) is 21.5. The Labute approximate surface area is 189 Å². The second-order valence-corrected chi connectivity index (χ2v) is 9.43. The van der Waals surface area contributed by atoms with Crippen molar-refractivity contribution in [3.63, 3.8) is 0 Å². The van der Waals surface area contributed by atoms with Crippen molar-refractivity contribution in [2.24, 2.45) is 0 Å². The summed E-state index contributed by atoms with van der Waals surface area (Å²) in [7, 11) is 0. The molecule has 0 radical (unpaired) electrons. The molecule has 32 heavy (non-hydrogen) atoms. The van der Waals surface area contributed by atoms with Crippen molar-refractivity contribution in [3.05, 3.63) is 89.0 Å². The summed E-state index contributed by atoms with van der Waals surface area (Å²) in [5, 5.41) is 0. The topological polar surface area (TPSA) is 9.23 Å². The number of ether oxygens (including phenoxy) is 1. The van der Waals surface area contributed by atoms with Crippen LogP contribution in [-0.4, -0.2) is 6.18 Å². The van der Waals surface area contributed by atoms with Crippen molar-refractivity contribution < 1.29 is 17.9 Å². The van der Waals surface area contributed by atoms with E-state index in [0.29, 0.717) is 5.75 Å². The molecule has 3 rings (SSSR count). The smallest absolute Gasteiger partial charge is 0.389 e. The van der Waals surface area contributed by atoms with Gasteiger partial charge in [0.2, 0.25) is 0 Å². The van der Waals surface area contributed by atoms with Gasteiger partial charge < -0.3 is 4.74 Å². The molecule has 0 aliphatic heterocycles. The quantitative estimate of drug-likeness (QED) is 0.372. The van der Waals surface area contributed by atoms with E-state index in [2.05, 4.69) is 45.0 Å². The maximum Gasteiger partial charge on any atom is 0.389 e. The van der Waals surface area contributed by atoms with Gasteiger partial charge in [-0.2, -0.15) is 13.2 Å². The van der Waals surface area contributed by atoms with Gasteiger partial charge in [-0.05, 0) is 71.2 Å². The van der Waals surface area contributed by atoms with Crippen LogP contribution in [0.2, 0.25) is 0 Å². The lowest BCUT2D eigenvalue weighted by molar-refractivity contribution is -0.139. The van der Waals surface area contributed by atoms with Crippen molar-refractivity contribution in [1.82, 2.24) is 0 Å². The van der Waals surface area contributed by atoms with Crippen LogP contribution in [0.25, 0.3) is 11.1 Å². The predicted octanol–water partition coefficient (Wildman–Crippen LogP) is 8.73. The molecular weight excluding hydrogens is 409 g/mol. The first kappa shape index (κ1) is 23.9. The number of alkyl halides is 3. The zero-order chi connectivity index (χ0) is 23.5. The summed E-state index contributed by atoms with van der Waals surface area (Å²) in [4.78, 5) is 0. The van der Waals surface area contributed by atoms with E-state index in [4.69, 9.17) is 4.74 Å². The number of halogens is 3. The van der Waals surface area contributed by atoms with Crippen molar-refractivity contribution in [3.8, 4) is 16.9 Å². The zero-order valence-corrected chi connectivity index (χ0v) is 19.4. The monoisotopic (exact) mass is 440 g/mol. The minimum absolute atomic E-state index is 0.0865. The van der Waals surface area contributed by atoms with Crippen molar-refractivity contribution in [1.29, 1.82) is 0 Å². The highest BCUT2D eigenvalue weighted by Crippen LogP contribution is 2.36. The Morgan fingerprint density at radius 2 is 1.38 bits per heavy atom. The van der Waals surface area contributed by atoms with E-state index in [1.165, 1.54) is 5.56 Å². The largest absolute Gasteiger partial charge is 0.486 e. The SMILES string of the molecule is Cc1cc(OC(CCC(F)(F)F)c2ccccc2)cc(C)c1-c1ccc(C(C)(C)C)cc1. The third kappa shape index (κ3) is 6.15. The lowest BCUT2D eigenvalue weighted by Gasteiger charge is -2.22. The fraction of sp³-hybridized carbons (Fsp3) is 0.357. The lowest BCUT2D eigenvalue weighted by atomic mass is 9.85. The molecule has 1 atom stereocenters. The molecule has 0 aromatic heterocycles. The van der Waals surface area contributed by atoms with Crippen LogP contribution in [0, 0.1) is 13.8 Å². The molecule has 0 aliphatic carbocycles. The molecule has 1 nitrogen and oxygen atoms in total. The minimum atomic E-state index is -4.22. The van der Waals surface area contributed by atoms with E-state index in [0.717, 1.165) is 27.8 Å². The van der Waals surface area contributed by atoms with Crippen LogP contribution in [0.1, 0.15) is 62.0 Å². The number of hydrogen-bond donors (Lipinski definition) is 0. The van der Waals surface area contributed by atoms with E-state index in [-0.39, 0.29) is 11.8 Å². The summed E-state index contributed by atoms with van der Waals surface area (Å²) in [6.45, 7) is 10.6. The lowest BCUT2D eigenvalue weighted by Crippen LogP contribution is -2.14. The first-order valence-electron chi connectivity index (χ1n) is 10.9. The average Bonchev–Trinajstić information content (AvgIpc) is 2.70. The van der Waals surface area contributed by atoms with Gasteiger partial charge in [-0.15, -0.1) is 0 Å². The fourth-order valence-corrected chi connectivity index (χ4v) is 4.00. The highest BCUT2D eigenvalue weighted by atomic mass is 19.4. The van der Waals surface area contributed by atoms with Gasteiger partial charge in [0.1, 0.15) is 11.9 Å². The molecule has 4 heteroatoms. The zero-order valence-electron chi connectivity index (χ0n) is 19.4. The molecular formula is C28H31F3O. The highest BCUT2D eigenvalue weighted by Gasteiger charge is 2.29. The van der Waals surface area contributed by atoms with Crippen LogP contribution in [-0.2, 0) is 5.41 Å². The van der Waals surface area contributed by atoms with Crippen LogP contribution < -0.4 is 4.74 Å². The standard InChI is InChI=1S/C28H31F3O/c1-19-17-24(32-25(15-16-28(29,30)31)21-9-7-6-8-10-21)18-20(2)26(19)22-11-13-23(14-12-22)27(3,4)5/h6-14,17-18,25H,15-16H2,1-5H3. The Kier molecular flexibility index (Phi) is 7.02. The van der Waals surface area contributed by atoms with Gasteiger partial charge in [0, 0.05) is 6.42 Å². The fourth-order valence-electron chi connectivity index (χ4n) is 4.00. The van der Waals surface area contributed by atoms with Crippen molar-refractivity contribution >= 4 is 0 Å². The Hall–Kier alpha value is -2.75. The van der Waals surface area contributed by atoms with Gasteiger partial charge in [-0.25, -0.2) is 0 Å². The third-order valence-electron chi connectivity index (χ3n) is 5.69. The third-order valence-corrected chi connectivity index (χ3v) is 5.69. The van der Waals surface area contributed by atoms with Crippen LogP contribution >= 0.6 is 0 Å². The number of aryl methyl sites for hydroxylation is 2. The molecule has 0 heterocycles. The molecule has 0 saturated carbocycles. The normalized spacial score (nSPS) is 13.1. The van der Waals surface area contributed by atoms with Gasteiger partial charge in [0.15, 0.2) is 0 Å². The second-order valence-electron chi connectivity index (χ2n) is 9.43. The Morgan fingerprint density at radius 3 is 1.88 bits per heavy atom. The number of hydrogen-bond acceptors (Lipinski definition) is 1. The molecule has 0 spiro atoms. The molecule has 0 bridgehead atoms. The summed E-state index contributed by atoms with van der Waals surface area (Å²) < 4.78 is 44.8. The molecule has 1 unspecified atom stereocenters. The maximum absolute atomic E-state index is 12.9. The van der Waals surface area contributed by atoms with Crippen LogP contribution in [0.4, 0.5) is 13.2 Å². The summed E-state index contributed by atoms with van der Waals surface area (Å²) >= 11 is 0. The Morgan fingerprint density at radius 1 is 0.812 bits per heavy atom. The average molecular weight is 441 g/mol. The van der Waals surface area contributed by atoms with Crippen molar-refractivity contribution in [2.75, 3.05) is 0 Å². The van der Waals surface area contributed by atoms with E-state index >= 15 is 0 Å². The summed E-state index contributed by atoms with van der Waals surface area (Å²) in [5.41, 5.74) is 6.42. The predicted molar refractivity (Wildman–Crippen MR) is 125 cm³/mol. The first-order valence-corrected chi connectivity index (χ1v) is 10.9. The Bertz CT molecular complexity index is 1010. The van der Waals surface area contributed by atoms with Crippen molar-refractivity contribution in [2.45, 2.75) is 65.2 Å². The van der Waals surface area contributed by atoms with E-state index in [1.54, 1.807) is 0 Å². The molecule has 0 aliphatic rings. The summed E-state index contributed by atoms with van der Waals surface area (Å²) in [6.07, 6.45) is -5.89. The molecule has 3 aromatic rings. The van der Waals surface area contributed by atoms with Crippen LogP contribution in [0.5, 0.6) is 5.75 Å². The van der Waals surface area contributed by atoms with E-state index in [9.17, 15) is 13.2 Å². The second kappa shape index (κ2) is 9.40. The molecule has 0 N–H and O–H groups in total. The van der Waals surface area contributed by atoms with Crippen LogP contribution in [0.15, 0.2) is 66.7 Å². The van der Waals surface area contributed by atoms with Gasteiger partial charge >= 0.3 is 6.18 Å². The van der Waals surface area contributed by atoms with E-state index < -0.39 is 18.7 Å². The van der Waals surface area contributed by atoms with Crippen LogP contribution in [0.3, 0.4) is 0 Å². The maximum atomic E-state index is 12.9. The Balaban J connectivity index is 1.88. The molecule has 0 saturated heterocycles. The molecule has 0 fully saturated rings. The summed E-state index contributed by atoms with van der Waals surface area (Å²) in [5.74, 6) is 0.589. The molecule has 170 valence electrons. The molecule has 0 amide bonds. The molecule has 3 aromatic carbocycles. The van der Waals surface area contributed by atoms with E-state index in [1.807, 2.05) is 56.3 Å². The van der Waals surface area contributed by atoms with Gasteiger partial charge in [0.05, 0.1) is 0 Å². The number of rotatable bonds is 6. The first-order chi connectivity index (χ1) is 14.9. The minimum Gasteiger partial charge on any atom is -0.486 e. The van der Waals surface area contributed by atoms with Gasteiger partial charge in [0.25, 0.3) is 0 Å². The van der Waals surface area contributed by atoms with Gasteiger partial charge in [-0.3, -0.25) is 0 Å². The highest BCUT2D eigenvalue weighted by molar-refractivity contribution is 5.72. The number of benzene rings is 3. The van der Waals surface area contributed by atoms with Gasteiger partial charge in [-0.1, -0.05) is 75.4 Å².